The highest BCUT2D eigenvalue weighted by Gasteiger charge is 2.54. The van der Waals surface area contributed by atoms with E-state index < -0.39 is 15.5 Å². The zero-order chi connectivity index (χ0) is 15.0. The van der Waals surface area contributed by atoms with Gasteiger partial charge in [0.2, 0.25) is 3.79 Å². The average molecular weight is 355 g/mol. The SMILES string of the molecule is CCNC(C)C(F)(c1ccc2sccc2c1)C(Cl)(Cl)Cl. The molecule has 0 aliphatic rings. The summed E-state index contributed by atoms with van der Waals surface area (Å²) < 4.78 is 14.6. The molecule has 2 aromatic rings. The zero-order valence-electron chi connectivity index (χ0n) is 11.1. The summed E-state index contributed by atoms with van der Waals surface area (Å²) in [5, 5.41) is 5.91. The second-order valence-corrected chi connectivity index (χ2v) is 7.89. The van der Waals surface area contributed by atoms with E-state index in [2.05, 4.69) is 5.32 Å². The molecule has 6 heteroatoms. The van der Waals surface area contributed by atoms with Crippen LogP contribution < -0.4 is 5.32 Å². The quantitative estimate of drug-likeness (QED) is 0.721. The van der Waals surface area contributed by atoms with Crippen molar-refractivity contribution in [3.05, 3.63) is 35.2 Å². The molecule has 20 heavy (non-hydrogen) atoms. The molecule has 1 aromatic heterocycles. The second-order valence-electron chi connectivity index (χ2n) is 4.66. The van der Waals surface area contributed by atoms with Gasteiger partial charge in [-0.25, -0.2) is 4.39 Å². The molecule has 110 valence electrons. The van der Waals surface area contributed by atoms with Crippen LogP contribution in [0.5, 0.6) is 0 Å². The van der Waals surface area contributed by atoms with Crippen molar-refractivity contribution in [2.75, 3.05) is 6.54 Å². The van der Waals surface area contributed by atoms with Crippen LogP contribution in [0, 0.1) is 0 Å². The van der Waals surface area contributed by atoms with Gasteiger partial charge in [-0.3, -0.25) is 0 Å². The van der Waals surface area contributed by atoms with Crippen LogP contribution in [0.3, 0.4) is 0 Å². The van der Waals surface area contributed by atoms with Crippen molar-refractivity contribution in [2.45, 2.75) is 29.4 Å². The number of rotatable bonds is 4. The van der Waals surface area contributed by atoms with Crippen LogP contribution in [-0.2, 0) is 5.67 Å². The van der Waals surface area contributed by atoms with Crippen LogP contribution in [0.2, 0.25) is 0 Å². The molecule has 0 fully saturated rings. The first-order valence-corrected chi connectivity index (χ1v) is 8.28. The summed E-state index contributed by atoms with van der Waals surface area (Å²) in [6.07, 6.45) is 0. The van der Waals surface area contributed by atoms with E-state index in [1.165, 1.54) is 0 Å². The van der Waals surface area contributed by atoms with E-state index in [1.54, 1.807) is 30.4 Å². The number of thiophene rings is 1. The predicted octanol–water partition coefficient (Wildman–Crippen LogP) is 5.43. The third-order valence-corrected chi connectivity index (χ3v) is 5.12. The molecule has 0 spiro atoms. The smallest absolute Gasteiger partial charge is 0.229 e. The molecule has 0 aliphatic carbocycles. The molecule has 0 radical (unpaired) electrons. The Balaban J connectivity index is 2.55. The van der Waals surface area contributed by atoms with E-state index in [9.17, 15) is 0 Å². The van der Waals surface area contributed by atoms with Gasteiger partial charge in [-0.1, -0.05) is 47.8 Å². The van der Waals surface area contributed by atoms with Crippen molar-refractivity contribution in [2.24, 2.45) is 0 Å². The molecule has 0 saturated carbocycles. The van der Waals surface area contributed by atoms with Crippen molar-refractivity contribution in [1.82, 2.24) is 5.32 Å². The molecule has 2 unspecified atom stereocenters. The Morgan fingerprint density at radius 2 is 2.00 bits per heavy atom. The van der Waals surface area contributed by atoms with E-state index in [-0.39, 0.29) is 0 Å². The Morgan fingerprint density at radius 3 is 2.60 bits per heavy atom. The van der Waals surface area contributed by atoms with Gasteiger partial charge in [0.1, 0.15) is 0 Å². The standard InChI is InChI=1S/C14H15Cl3FNS/c1-3-19-9(2)13(18,14(15,16)17)11-4-5-12-10(8-11)6-7-20-12/h4-9,19H,3H2,1-2H3. The van der Waals surface area contributed by atoms with Gasteiger partial charge in [-0.2, -0.15) is 0 Å². The summed E-state index contributed by atoms with van der Waals surface area (Å²) in [5.41, 5.74) is -1.74. The molecule has 2 atom stereocenters. The fourth-order valence-corrected chi connectivity index (χ4v) is 3.89. The van der Waals surface area contributed by atoms with E-state index in [1.807, 2.05) is 24.4 Å². The van der Waals surface area contributed by atoms with E-state index in [0.29, 0.717) is 12.1 Å². The van der Waals surface area contributed by atoms with E-state index >= 15 is 4.39 Å². The highest BCUT2D eigenvalue weighted by Crippen LogP contribution is 2.50. The number of benzene rings is 1. The molecule has 0 amide bonds. The van der Waals surface area contributed by atoms with Gasteiger partial charge in [0.05, 0.1) is 0 Å². The monoisotopic (exact) mass is 353 g/mol. The van der Waals surface area contributed by atoms with Gasteiger partial charge in [-0.15, -0.1) is 11.3 Å². The van der Waals surface area contributed by atoms with E-state index in [4.69, 9.17) is 34.8 Å². The minimum absolute atomic E-state index is 0.372. The molecule has 1 nitrogen and oxygen atoms in total. The first kappa shape index (κ1) is 16.3. The lowest BCUT2D eigenvalue weighted by atomic mass is 9.89. The largest absolute Gasteiger partial charge is 0.311 e. The van der Waals surface area contributed by atoms with Gasteiger partial charge in [0.25, 0.3) is 0 Å². The lowest BCUT2D eigenvalue weighted by Crippen LogP contribution is -2.51. The van der Waals surface area contributed by atoms with Gasteiger partial charge in [0.15, 0.2) is 5.67 Å². The lowest BCUT2D eigenvalue weighted by Gasteiger charge is -2.38. The van der Waals surface area contributed by atoms with Crippen LogP contribution >= 0.6 is 46.1 Å². The number of fused-ring (bicyclic) bond motifs is 1. The maximum Gasteiger partial charge on any atom is 0.229 e. The topological polar surface area (TPSA) is 12.0 Å². The zero-order valence-corrected chi connectivity index (χ0v) is 14.2. The number of likely N-dealkylation sites (N-methyl/N-ethyl adjacent to an activating group) is 1. The normalized spacial score (nSPS) is 17.1. The molecular formula is C14H15Cl3FNS. The average Bonchev–Trinajstić information content (AvgIpc) is 2.83. The number of hydrogen-bond donors (Lipinski definition) is 1. The summed E-state index contributed by atoms with van der Waals surface area (Å²) in [5.74, 6) is 0. The summed E-state index contributed by atoms with van der Waals surface area (Å²) in [7, 11) is 0. The van der Waals surface area contributed by atoms with Crippen molar-refractivity contribution < 1.29 is 4.39 Å². The molecule has 0 bridgehead atoms. The van der Waals surface area contributed by atoms with Crippen LogP contribution in [0.25, 0.3) is 10.1 Å². The first-order chi connectivity index (χ1) is 9.30. The number of hydrogen-bond acceptors (Lipinski definition) is 2. The third kappa shape index (κ3) is 2.79. The van der Waals surface area contributed by atoms with Crippen molar-refractivity contribution in [1.29, 1.82) is 0 Å². The number of alkyl halides is 4. The van der Waals surface area contributed by atoms with Gasteiger partial charge in [-0.05, 0) is 48.0 Å². The van der Waals surface area contributed by atoms with E-state index in [0.717, 1.165) is 10.1 Å². The maximum atomic E-state index is 15.6. The van der Waals surface area contributed by atoms with Gasteiger partial charge in [0, 0.05) is 10.7 Å². The lowest BCUT2D eigenvalue weighted by molar-refractivity contribution is 0.117. The Morgan fingerprint density at radius 1 is 1.30 bits per heavy atom. The summed E-state index contributed by atoms with van der Waals surface area (Å²) in [6, 6.07) is 6.60. The van der Waals surface area contributed by atoms with Gasteiger partial charge >= 0.3 is 0 Å². The van der Waals surface area contributed by atoms with Crippen LogP contribution in [-0.4, -0.2) is 16.4 Å². The Kier molecular flexibility index (Phi) is 4.87. The van der Waals surface area contributed by atoms with Crippen molar-refractivity contribution >= 4 is 56.2 Å². The summed E-state index contributed by atoms with van der Waals surface area (Å²) in [4.78, 5) is 0. The van der Waals surface area contributed by atoms with Crippen molar-refractivity contribution in [3.63, 3.8) is 0 Å². The van der Waals surface area contributed by atoms with Crippen molar-refractivity contribution in [3.8, 4) is 0 Å². The first-order valence-electron chi connectivity index (χ1n) is 6.27. The highest BCUT2D eigenvalue weighted by atomic mass is 35.6. The summed E-state index contributed by atoms with van der Waals surface area (Å²) >= 11 is 19.4. The third-order valence-electron chi connectivity index (χ3n) is 3.39. The molecular weight excluding hydrogens is 340 g/mol. The maximum absolute atomic E-state index is 15.6. The fourth-order valence-electron chi connectivity index (χ4n) is 2.30. The second kappa shape index (κ2) is 5.98. The highest BCUT2D eigenvalue weighted by molar-refractivity contribution is 7.17. The predicted molar refractivity (Wildman–Crippen MR) is 88.0 cm³/mol. The Labute approximate surface area is 137 Å². The van der Waals surface area contributed by atoms with Crippen LogP contribution in [0.4, 0.5) is 4.39 Å². The molecule has 1 heterocycles. The van der Waals surface area contributed by atoms with Crippen LogP contribution in [0.1, 0.15) is 19.4 Å². The molecule has 0 aliphatic heterocycles. The minimum Gasteiger partial charge on any atom is -0.311 e. The molecule has 1 aromatic carbocycles. The fraction of sp³-hybridized carbons (Fsp3) is 0.429. The summed E-state index contributed by atoms with van der Waals surface area (Å²) in [6.45, 7) is 4.16. The minimum atomic E-state index is -2.11. The molecule has 1 N–H and O–H groups in total. The number of halogens is 4. The number of nitrogens with one attached hydrogen (secondary N) is 1. The van der Waals surface area contributed by atoms with Crippen LogP contribution in [0.15, 0.2) is 29.6 Å². The van der Waals surface area contributed by atoms with Gasteiger partial charge < -0.3 is 5.32 Å². The Hall–Kier alpha value is -0.0600. The molecule has 0 saturated heterocycles. The Bertz CT molecular complexity index is 595. The molecule has 2 rings (SSSR count).